The molecule has 0 saturated heterocycles. The van der Waals surface area contributed by atoms with E-state index in [0.717, 1.165) is 16.8 Å². The van der Waals surface area contributed by atoms with Crippen LogP contribution < -0.4 is 10.2 Å². The van der Waals surface area contributed by atoms with Crippen LogP contribution in [0.1, 0.15) is 18.1 Å². The number of benzene rings is 2. The Balaban J connectivity index is 2.24. The fraction of sp³-hybridized carbons (Fsp3) is 0.200. The third-order valence-corrected chi connectivity index (χ3v) is 4.16. The minimum absolute atomic E-state index is 0.0278. The summed E-state index contributed by atoms with van der Waals surface area (Å²) in [5, 5.41) is 12.7. The number of carbonyl (C=O) groups is 1. The van der Waals surface area contributed by atoms with Crippen LogP contribution in [0.3, 0.4) is 0 Å². The predicted molar refractivity (Wildman–Crippen MR) is 103 cm³/mol. The van der Waals surface area contributed by atoms with Gasteiger partial charge < -0.3 is 10.2 Å². The maximum Gasteiger partial charge on any atom is 0.267 e. The van der Waals surface area contributed by atoms with Gasteiger partial charge in [-0.1, -0.05) is 29.8 Å². The first-order valence-corrected chi connectivity index (χ1v) is 8.35. The normalized spacial score (nSPS) is 10.9. The van der Waals surface area contributed by atoms with E-state index in [2.05, 4.69) is 5.32 Å². The summed E-state index contributed by atoms with van der Waals surface area (Å²) in [6.07, 6.45) is 1.57. The Labute approximate surface area is 153 Å². The summed E-state index contributed by atoms with van der Waals surface area (Å²) in [6, 6.07) is 15.1. The van der Waals surface area contributed by atoms with Gasteiger partial charge in [-0.05, 0) is 56.2 Å². The van der Waals surface area contributed by atoms with Gasteiger partial charge in [-0.25, -0.2) is 0 Å². The number of anilines is 2. The quantitative estimate of drug-likeness (QED) is 0.618. The third-order valence-electron chi connectivity index (χ3n) is 3.75. The van der Waals surface area contributed by atoms with Gasteiger partial charge in [0.05, 0.1) is 0 Å². The summed E-state index contributed by atoms with van der Waals surface area (Å²) in [5.74, 6) is -0.464. The highest BCUT2D eigenvalue weighted by Crippen LogP contribution is 2.21. The van der Waals surface area contributed by atoms with Crippen molar-refractivity contribution in [3.8, 4) is 6.07 Å². The van der Waals surface area contributed by atoms with Gasteiger partial charge in [0.25, 0.3) is 5.91 Å². The SMILES string of the molecule is CCN(/C=C(/C#N)C(=O)Nc1ccc(C)c(Cl)c1)c1cccc(C)c1. The Kier molecular flexibility index (Phi) is 6.21. The van der Waals surface area contributed by atoms with E-state index in [1.807, 2.05) is 62.1 Å². The van der Waals surface area contributed by atoms with E-state index in [-0.39, 0.29) is 5.57 Å². The van der Waals surface area contributed by atoms with Crippen molar-refractivity contribution >= 4 is 28.9 Å². The molecule has 0 aliphatic heterocycles. The zero-order chi connectivity index (χ0) is 18.4. The second-order valence-electron chi connectivity index (χ2n) is 5.70. The number of aryl methyl sites for hydroxylation is 2. The van der Waals surface area contributed by atoms with E-state index in [9.17, 15) is 10.1 Å². The topological polar surface area (TPSA) is 56.1 Å². The Morgan fingerprint density at radius 2 is 2.04 bits per heavy atom. The lowest BCUT2D eigenvalue weighted by Gasteiger charge is -2.19. The fourth-order valence-corrected chi connectivity index (χ4v) is 2.50. The predicted octanol–water partition coefficient (Wildman–Crippen LogP) is 4.83. The molecule has 0 aliphatic rings. The minimum Gasteiger partial charge on any atom is -0.347 e. The van der Waals surface area contributed by atoms with Crippen molar-refractivity contribution < 1.29 is 4.79 Å². The van der Waals surface area contributed by atoms with Crippen molar-refractivity contribution in [1.29, 1.82) is 5.26 Å². The molecule has 1 amide bonds. The number of carbonyl (C=O) groups excluding carboxylic acids is 1. The number of hydrogen-bond acceptors (Lipinski definition) is 3. The lowest BCUT2D eigenvalue weighted by atomic mass is 10.2. The summed E-state index contributed by atoms with van der Waals surface area (Å²) in [5.41, 5.74) is 3.55. The Morgan fingerprint density at radius 1 is 1.28 bits per heavy atom. The van der Waals surface area contributed by atoms with E-state index >= 15 is 0 Å². The molecule has 25 heavy (non-hydrogen) atoms. The lowest BCUT2D eigenvalue weighted by molar-refractivity contribution is -0.112. The largest absolute Gasteiger partial charge is 0.347 e. The zero-order valence-electron chi connectivity index (χ0n) is 14.5. The van der Waals surface area contributed by atoms with Crippen LogP contribution in [-0.4, -0.2) is 12.5 Å². The van der Waals surface area contributed by atoms with Gasteiger partial charge in [-0.2, -0.15) is 5.26 Å². The Bertz CT molecular complexity index is 852. The van der Waals surface area contributed by atoms with Crippen LogP contribution in [0, 0.1) is 25.2 Å². The summed E-state index contributed by atoms with van der Waals surface area (Å²) < 4.78 is 0. The van der Waals surface area contributed by atoms with Gasteiger partial charge in [0, 0.05) is 29.1 Å². The molecule has 0 fully saturated rings. The highest BCUT2D eigenvalue weighted by molar-refractivity contribution is 6.31. The van der Waals surface area contributed by atoms with E-state index in [0.29, 0.717) is 17.3 Å². The van der Waals surface area contributed by atoms with E-state index in [1.165, 1.54) is 0 Å². The number of hydrogen-bond donors (Lipinski definition) is 1. The molecule has 128 valence electrons. The third kappa shape index (κ3) is 4.85. The van der Waals surface area contributed by atoms with E-state index in [4.69, 9.17) is 11.6 Å². The Hall–Kier alpha value is -2.77. The molecule has 0 saturated carbocycles. The Morgan fingerprint density at radius 3 is 2.64 bits per heavy atom. The van der Waals surface area contributed by atoms with Crippen LogP contribution in [0.2, 0.25) is 5.02 Å². The maximum absolute atomic E-state index is 12.4. The molecule has 0 bridgehead atoms. The number of nitrogens with zero attached hydrogens (tertiary/aromatic N) is 2. The number of amides is 1. The molecule has 0 spiro atoms. The summed E-state index contributed by atoms with van der Waals surface area (Å²) in [6.45, 7) is 6.49. The molecule has 2 aromatic carbocycles. The van der Waals surface area contributed by atoms with Crippen LogP contribution >= 0.6 is 11.6 Å². The zero-order valence-corrected chi connectivity index (χ0v) is 15.3. The number of nitrogens with one attached hydrogen (secondary N) is 1. The van der Waals surface area contributed by atoms with Gasteiger partial charge >= 0.3 is 0 Å². The molecule has 0 atom stereocenters. The average molecular weight is 354 g/mol. The monoisotopic (exact) mass is 353 g/mol. The van der Waals surface area contributed by atoms with Crippen molar-refractivity contribution in [2.24, 2.45) is 0 Å². The van der Waals surface area contributed by atoms with Gasteiger partial charge in [0.1, 0.15) is 11.6 Å². The van der Waals surface area contributed by atoms with Crippen LogP contribution in [0.5, 0.6) is 0 Å². The van der Waals surface area contributed by atoms with Gasteiger partial charge in [-0.15, -0.1) is 0 Å². The summed E-state index contributed by atoms with van der Waals surface area (Å²) in [7, 11) is 0. The first kappa shape index (κ1) is 18.6. The fourth-order valence-electron chi connectivity index (χ4n) is 2.32. The van der Waals surface area contributed by atoms with Crippen LogP contribution in [0.25, 0.3) is 0 Å². The maximum atomic E-state index is 12.4. The lowest BCUT2D eigenvalue weighted by Crippen LogP contribution is -2.20. The van der Waals surface area contributed by atoms with Gasteiger partial charge in [0.15, 0.2) is 0 Å². The minimum atomic E-state index is -0.464. The molecule has 2 rings (SSSR count). The molecule has 0 aliphatic carbocycles. The molecule has 4 nitrogen and oxygen atoms in total. The van der Waals surface area contributed by atoms with Crippen molar-refractivity contribution in [2.75, 3.05) is 16.8 Å². The van der Waals surface area contributed by atoms with Crippen molar-refractivity contribution in [3.63, 3.8) is 0 Å². The molecule has 0 radical (unpaired) electrons. The highest BCUT2D eigenvalue weighted by Gasteiger charge is 2.12. The summed E-state index contributed by atoms with van der Waals surface area (Å²) in [4.78, 5) is 14.3. The molecular weight excluding hydrogens is 334 g/mol. The second-order valence-corrected chi connectivity index (χ2v) is 6.10. The smallest absolute Gasteiger partial charge is 0.267 e. The van der Waals surface area contributed by atoms with Crippen LogP contribution in [0.4, 0.5) is 11.4 Å². The molecule has 0 aromatic heterocycles. The average Bonchev–Trinajstić information content (AvgIpc) is 2.59. The first-order valence-electron chi connectivity index (χ1n) is 7.97. The number of nitriles is 1. The highest BCUT2D eigenvalue weighted by atomic mass is 35.5. The van der Waals surface area contributed by atoms with Gasteiger partial charge in [-0.3, -0.25) is 4.79 Å². The van der Waals surface area contributed by atoms with Crippen LogP contribution in [-0.2, 0) is 4.79 Å². The number of rotatable bonds is 5. The van der Waals surface area contributed by atoms with Gasteiger partial charge in [0.2, 0.25) is 0 Å². The standard InChI is InChI=1S/C20H20ClN3O/c1-4-24(18-7-5-6-14(2)10-18)13-16(12-22)20(25)23-17-9-8-15(3)19(21)11-17/h5-11,13H,4H2,1-3H3,(H,23,25)/b16-13-. The number of halogens is 1. The molecule has 0 unspecified atom stereocenters. The molecular formula is C20H20ClN3O. The van der Waals surface area contributed by atoms with Crippen molar-refractivity contribution in [1.82, 2.24) is 0 Å². The summed E-state index contributed by atoms with van der Waals surface area (Å²) >= 11 is 6.07. The van der Waals surface area contributed by atoms with Crippen LogP contribution in [0.15, 0.2) is 54.2 Å². The molecule has 5 heteroatoms. The first-order chi connectivity index (χ1) is 11.9. The van der Waals surface area contributed by atoms with E-state index < -0.39 is 5.91 Å². The molecule has 1 N–H and O–H groups in total. The van der Waals surface area contributed by atoms with E-state index in [1.54, 1.807) is 18.3 Å². The molecule has 0 heterocycles. The second kappa shape index (κ2) is 8.36. The molecule has 2 aromatic rings. The van der Waals surface area contributed by atoms with Crippen molar-refractivity contribution in [2.45, 2.75) is 20.8 Å². The van der Waals surface area contributed by atoms with Crippen molar-refractivity contribution in [3.05, 3.63) is 70.4 Å².